The van der Waals surface area contributed by atoms with Crippen LogP contribution in [-0.2, 0) is 6.42 Å². The van der Waals surface area contributed by atoms with E-state index in [9.17, 15) is 0 Å². The van der Waals surface area contributed by atoms with E-state index in [1.807, 2.05) is 47.0 Å². The van der Waals surface area contributed by atoms with E-state index in [4.69, 9.17) is 11.6 Å². The van der Waals surface area contributed by atoms with Gasteiger partial charge < -0.3 is 10.6 Å². The first-order chi connectivity index (χ1) is 15.7. The van der Waals surface area contributed by atoms with Crippen molar-refractivity contribution in [2.75, 3.05) is 17.2 Å². The average Bonchev–Trinajstić information content (AvgIpc) is 3.23. The zero-order valence-electron chi connectivity index (χ0n) is 17.0. The number of hydrogen-bond acceptors (Lipinski definition) is 7. The van der Waals surface area contributed by atoms with Crippen LogP contribution in [-0.4, -0.2) is 36.0 Å². The van der Waals surface area contributed by atoms with E-state index >= 15 is 0 Å². The van der Waals surface area contributed by atoms with Gasteiger partial charge in [0.05, 0.1) is 11.0 Å². The van der Waals surface area contributed by atoms with Crippen molar-refractivity contribution in [2.24, 2.45) is 0 Å². The minimum atomic E-state index is 0.379. The van der Waals surface area contributed by atoms with Crippen LogP contribution in [0.15, 0.2) is 79.4 Å². The molecule has 32 heavy (non-hydrogen) atoms. The molecule has 0 aliphatic rings. The van der Waals surface area contributed by atoms with Crippen molar-refractivity contribution >= 4 is 40.2 Å². The van der Waals surface area contributed by atoms with Crippen LogP contribution in [0.4, 0.5) is 17.6 Å². The number of benzene rings is 2. The van der Waals surface area contributed by atoms with Crippen LogP contribution in [0.3, 0.4) is 0 Å². The highest BCUT2D eigenvalue weighted by Gasteiger charge is 2.09. The lowest BCUT2D eigenvalue weighted by Crippen LogP contribution is -2.09. The minimum Gasteiger partial charge on any atom is -0.354 e. The van der Waals surface area contributed by atoms with Gasteiger partial charge in [-0.1, -0.05) is 41.9 Å². The third-order valence-electron chi connectivity index (χ3n) is 4.85. The highest BCUT2D eigenvalue weighted by molar-refractivity contribution is 6.29. The molecule has 3 aromatic heterocycles. The topological polar surface area (TPSA) is 93.4 Å². The Morgan fingerprint density at radius 1 is 0.844 bits per heavy atom. The number of hydrogen-bond donors (Lipinski definition) is 2. The van der Waals surface area contributed by atoms with Crippen LogP contribution in [0.2, 0.25) is 5.15 Å². The van der Waals surface area contributed by atoms with E-state index in [0.717, 1.165) is 35.5 Å². The number of imidazole rings is 1. The molecule has 2 N–H and O–H groups in total. The number of aromatic nitrogens is 6. The molecule has 0 spiro atoms. The van der Waals surface area contributed by atoms with Gasteiger partial charge in [0.25, 0.3) is 0 Å². The Balaban J connectivity index is 1.32. The summed E-state index contributed by atoms with van der Waals surface area (Å²) >= 11 is 5.93. The number of halogens is 1. The molecule has 0 aliphatic carbocycles. The van der Waals surface area contributed by atoms with Crippen LogP contribution in [0.5, 0.6) is 0 Å². The highest BCUT2D eigenvalue weighted by Crippen LogP contribution is 2.23. The summed E-state index contributed by atoms with van der Waals surface area (Å²) in [6.45, 7) is 0.749. The molecule has 0 radical (unpaired) electrons. The standard InChI is InChI=1S/C23H19ClN8/c24-20-9-12-27-23(30-20)29-17-6-7-19-18(14-17)28-15-32(19)21-10-13-26-22(31-21)25-11-8-16-4-2-1-3-5-16/h1-7,9-10,12-15H,8,11H2,(H,25,26,31)(H,27,29,30). The maximum atomic E-state index is 5.93. The first kappa shape index (κ1) is 19.9. The third kappa shape index (κ3) is 4.50. The maximum absolute atomic E-state index is 5.93. The summed E-state index contributed by atoms with van der Waals surface area (Å²) in [5.41, 5.74) is 3.83. The second kappa shape index (κ2) is 8.99. The van der Waals surface area contributed by atoms with Crippen molar-refractivity contribution in [3.63, 3.8) is 0 Å². The number of rotatable bonds is 7. The second-order valence-electron chi connectivity index (χ2n) is 7.05. The van der Waals surface area contributed by atoms with Crippen LogP contribution >= 0.6 is 11.6 Å². The zero-order valence-corrected chi connectivity index (χ0v) is 17.7. The molecule has 2 aromatic carbocycles. The van der Waals surface area contributed by atoms with E-state index < -0.39 is 0 Å². The molecule has 0 unspecified atom stereocenters. The van der Waals surface area contributed by atoms with E-state index in [1.165, 1.54) is 5.56 Å². The summed E-state index contributed by atoms with van der Waals surface area (Å²) in [5.74, 6) is 1.75. The number of nitrogens with one attached hydrogen (secondary N) is 2. The molecule has 0 saturated carbocycles. The van der Waals surface area contributed by atoms with Crippen LogP contribution in [0.25, 0.3) is 16.9 Å². The first-order valence-electron chi connectivity index (χ1n) is 10.1. The van der Waals surface area contributed by atoms with Crippen LogP contribution in [0.1, 0.15) is 5.56 Å². The molecule has 0 aliphatic heterocycles. The van der Waals surface area contributed by atoms with Gasteiger partial charge in [-0.3, -0.25) is 4.57 Å². The van der Waals surface area contributed by atoms with Gasteiger partial charge in [0, 0.05) is 24.6 Å². The van der Waals surface area contributed by atoms with Gasteiger partial charge in [-0.15, -0.1) is 0 Å². The molecule has 5 aromatic rings. The molecule has 0 bridgehead atoms. The third-order valence-corrected chi connectivity index (χ3v) is 5.06. The van der Waals surface area contributed by atoms with E-state index in [1.54, 1.807) is 24.8 Å². The van der Waals surface area contributed by atoms with Crippen LogP contribution in [0, 0.1) is 0 Å². The van der Waals surface area contributed by atoms with E-state index in [2.05, 4.69) is 47.7 Å². The summed E-state index contributed by atoms with van der Waals surface area (Å²) in [6, 6.07) is 19.6. The zero-order chi connectivity index (χ0) is 21.8. The van der Waals surface area contributed by atoms with Crippen molar-refractivity contribution < 1.29 is 0 Å². The number of fused-ring (bicyclic) bond motifs is 1. The summed E-state index contributed by atoms with van der Waals surface area (Å²) in [6.07, 6.45) is 5.99. The Morgan fingerprint density at radius 2 is 1.69 bits per heavy atom. The largest absolute Gasteiger partial charge is 0.354 e. The molecule has 0 fully saturated rings. The molecule has 0 saturated heterocycles. The maximum Gasteiger partial charge on any atom is 0.228 e. The Hall–Kier alpha value is -4.04. The first-order valence-corrected chi connectivity index (χ1v) is 10.5. The quantitative estimate of drug-likeness (QED) is 0.354. The monoisotopic (exact) mass is 442 g/mol. The van der Waals surface area contributed by atoms with Gasteiger partial charge in [-0.2, -0.15) is 4.98 Å². The normalized spacial score (nSPS) is 10.9. The van der Waals surface area contributed by atoms with Crippen molar-refractivity contribution in [2.45, 2.75) is 6.42 Å². The predicted octanol–water partition coefficient (Wildman–Crippen LogP) is 4.66. The molecule has 0 atom stereocenters. The molecule has 0 amide bonds. The Morgan fingerprint density at radius 3 is 2.56 bits per heavy atom. The number of anilines is 3. The highest BCUT2D eigenvalue weighted by atomic mass is 35.5. The number of nitrogens with zero attached hydrogens (tertiary/aromatic N) is 6. The fourth-order valence-corrected chi connectivity index (χ4v) is 3.47. The van der Waals surface area contributed by atoms with E-state index in [0.29, 0.717) is 17.0 Å². The molecule has 8 nitrogen and oxygen atoms in total. The lowest BCUT2D eigenvalue weighted by atomic mass is 10.1. The Bertz CT molecular complexity index is 1350. The smallest absolute Gasteiger partial charge is 0.228 e. The van der Waals surface area contributed by atoms with Crippen molar-refractivity contribution in [1.82, 2.24) is 29.5 Å². The summed E-state index contributed by atoms with van der Waals surface area (Å²) < 4.78 is 1.93. The molecule has 3 heterocycles. The van der Waals surface area contributed by atoms with Gasteiger partial charge in [-0.05, 0) is 42.3 Å². The Kier molecular flexibility index (Phi) is 5.59. The fraction of sp³-hybridized carbons (Fsp3) is 0.0870. The minimum absolute atomic E-state index is 0.379. The van der Waals surface area contributed by atoms with Gasteiger partial charge in [0.2, 0.25) is 11.9 Å². The lowest BCUT2D eigenvalue weighted by Gasteiger charge is -2.08. The SMILES string of the molecule is Clc1ccnc(Nc2ccc3c(c2)ncn3-c2ccnc(NCCc3ccccc3)n2)n1. The summed E-state index contributed by atoms with van der Waals surface area (Å²) in [7, 11) is 0. The van der Waals surface area contributed by atoms with Crippen molar-refractivity contribution in [3.8, 4) is 5.82 Å². The predicted molar refractivity (Wildman–Crippen MR) is 126 cm³/mol. The van der Waals surface area contributed by atoms with Gasteiger partial charge >= 0.3 is 0 Å². The molecule has 158 valence electrons. The fourth-order valence-electron chi connectivity index (χ4n) is 3.33. The van der Waals surface area contributed by atoms with Gasteiger partial charge in [0.15, 0.2) is 0 Å². The lowest BCUT2D eigenvalue weighted by molar-refractivity contribution is 0.953. The van der Waals surface area contributed by atoms with Gasteiger partial charge in [0.1, 0.15) is 17.3 Å². The summed E-state index contributed by atoms with van der Waals surface area (Å²) in [5, 5.41) is 6.81. The summed E-state index contributed by atoms with van der Waals surface area (Å²) in [4.78, 5) is 21.8. The van der Waals surface area contributed by atoms with E-state index in [-0.39, 0.29) is 0 Å². The van der Waals surface area contributed by atoms with Crippen molar-refractivity contribution in [1.29, 1.82) is 0 Å². The van der Waals surface area contributed by atoms with Crippen LogP contribution < -0.4 is 10.6 Å². The average molecular weight is 443 g/mol. The second-order valence-corrected chi connectivity index (χ2v) is 7.43. The molecular formula is C23H19ClN8. The molecule has 9 heteroatoms. The van der Waals surface area contributed by atoms with Crippen molar-refractivity contribution in [3.05, 3.63) is 90.1 Å². The Labute approximate surface area is 189 Å². The van der Waals surface area contributed by atoms with Gasteiger partial charge in [-0.25, -0.2) is 19.9 Å². The molecule has 5 rings (SSSR count). The molecular weight excluding hydrogens is 424 g/mol.